The SMILES string of the molecule is C[C@@H](Oc1ccc(/C=N/NC(=O)Nc2ccc(C34CC5CC(CC(C5)C3)C4)cc2)cc1)C(=O)O. The molecule has 0 radical (unpaired) electrons. The molecule has 4 aliphatic carbocycles. The number of rotatable bonds is 7. The number of urea groups is 1. The second-order valence-corrected chi connectivity index (χ2v) is 10.3. The van der Waals surface area contributed by atoms with Crippen LogP contribution in [0.1, 0.15) is 56.6 Å². The van der Waals surface area contributed by atoms with Gasteiger partial charge in [-0.2, -0.15) is 5.10 Å². The Bertz CT molecular complexity index is 1040. The standard InChI is InChI=1S/C27H31N3O4/c1-17(25(31)32)34-24-8-2-18(3-9-24)16-28-30-26(33)29-23-6-4-22(5-7-23)27-13-19-10-20(14-27)12-21(11-19)15-27/h2-9,16-17,19-21H,10-15H2,1H3,(H,31,32)(H2,29,30,33)/b28-16+/t17-,19?,20?,21?,27?/m1/s1. The van der Waals surface area contributed by atoms with Gasteiger partial charge in [0.25, 0.3) is 0 Å². The molecule has 2 amide bonds. The lowest BCUT2D eigenvalue weighted by Crippen LogP contribution is -2.48. The van der Waals surface area contributed by atoms with Crippen LogP contribution in [0.4, 0.5) is 10.5 Å². The topological polar surface area (TPSA) is 100 Å². The van der Waals surface area contributed by atoms with E-state index in [0.29, 0.717) is 11.2 Å². The predicted molar refractivity (Wildman–Crippen MR) is 130 cm³/mol. The molecule has 3 N–H and O–H groups in total. The van der Waals surface area contributed by atoms with Crippen LogP contribution in [0.25, 0.3) is 0 Å². The van der Waals surface area contributed by atoms with Gasteiger partial charge in [-0.3, -0.25) is 0 Å². The Hall–Kier alpha value is -3.35. The van der Waals surface area contributed by atoms with Gasteiger partial charge in [-0.15, -0.1) is 0 Å². The highest BCUT2D eigenvalue weighted by molar-refractivity contribution is 5.90. The number of carbonyl (C=O) groups is 2. The monoisotopic (exact) mass is 461 g/mol. The number of amides is 2. The minimum atomic E-state index is -1.02. The van der Waals surface area contributed by atoms with E-state index < -0.39 is 18.1 Å². The largest absolute Gasteiger partial charge is 0.479 e. The molecule has 6 rings (SSSR count). The van der Waals surface area contributed by atoms with E-state index in [4.69, 9.17) is 9.84 Å². The molecule has 4 bridgehead atoms. The summed E-state index contributed by atoms with van der Waals surface area (Å²) in [6, 6.07) is 14.8. The number of nitrogens with one attached hydrogen (secondary N) is 2. The minimum Gasteiger partial charge on any atom is -0.479 e. The summed E-state index contributed by atoms with van der Waals surface area (Å²) in [5.74, 6) is 2.15. The fraction of sp³-hybridized carbons (Fsp3) is 0.444. The lowest BCUT2D eigenvalue weighted by molar-refractivity contribution is -0.144. The van der Waals surface area contributed by atoms with Gasteiger partial charge in [-0.05, 0) is 116 Å². The van der Waals surface area contributed by atoms with E-state index in [1.807, 2.05) is 12.1 Å². The Labute approximate surface area is 199 Å². The molecule has 2 aromatic carbocycles. The maximum atomic E-state index is 12.2. The smallest absolute Gasteiger partial charge is 0.344 e. The lowest BCUT2D eigenvalue weighted by Gasteiger charge is -2.57. The highest BCUT2D eigenvalue weighted by Gasteiger charge is 2.51. The molecule has 1 atom stereocenters. The number of carbonyl (C=O) groups excluding carboxylic acids is 1. The van der Waals surface area contributed by atoms with Crippen LogP contribution in [-0.4, -0.2) is 29.4 Å². The van der Waals surface area contributed by atoms with Crippen molar-refractivity contribution in [1.29, 1.82) is 0 Å². The summed E-state index contributed by atoms with van der Waals surface area (Å²) in [4.78, 5) is 23.1. The summed E-state index contributed by atoms with van der Waals surface area (Å²) in [6.45, 7) is 1.47. The normalized spacial score (nSPS) is 28.0. The molecule has 2 aromatic rings. The van der Waals surface area contributed by atoms with Crippen molar-refractivity contribution in [1.82, 2.24) is 5.43 Å². The van der Waals surface area contributed by atoms with Crippen molar-refractivity contribution in [2.45, 2.75) is 57.0 Å². The van der Waals surface area contributed by atoms with Gasteiger partial charge in [-0.25, -0.2) is 15.0 Å². The van der Waals surface area contributed by atoms with Gasteiger partial charge in [0.2, 0.25) is 0 Å². The number of anilines is 1. The van der Waals surface area contributed by atoms with Crippen LogP contribution in [0, 0.1) is 17.8 Å². The van der Waals surface area contributed by atoms with E-state index in [1.54, 1.807) is 24.3 Å². The van der Waals surface area contributed by atoms with E-state index in [1.165, 1.54) is 57.2 Å². The first-order chi connectivity index (χ1) is 16.4. The molecule has 4 fully saturated rings. The molecular weight excluding hydrogens is 430 g/mol. The number of aliphatic carboxylic acids is 1. The predicted octanol–water partition coefficient (Wildman–Crippen LogP) is 5.16. The van der Waals surface area contributed by atoms with Crippen molar-refractivity contribution in [2.75, 3.05) is 5.32 Å². The maximum absolute atomic E-state index is 12.2. The Kier molecular flexibility index (Phi) is 6.02. The summed E-state index contributed by atoms with van der Waals surface area (Å²) in [5, 5.41) is 15.7. The van der Waals surface area contributed by atoms with Crippen LogP contribution in [0.3, 0.4) is 0 Å². The van der Waals surface area contributed by atoms with Gasteiger partial charge < -0.3 is 15.2 Å². The second kappa shape index (κ2) is 9.12. The zero-order chi connectivity index (χ0) is 23.7. The van der Waals surface area contributed by atoms with Gasteiger partial charge in [0.15, 0.2) is 6.10 Å². The van der Waals surface area contributed by atoms with Gasteiger partial charge in [-0.1, -0.05) is 12.1 Å². The molecule has 0 saturated heterocycles. The van der Waals surface area contributed by atoms with Crippen molar-refractivity contribution < 1.29 is 19.4 Å². The molecule has 4 aliphatic rings. The van der Waals surface area contributed by atoms with Crippen LogP contribution in [-0.2, 0) is 10.2 Å². The number of carboxylic acid groups (broad SMARTS) is 1. The fourth-order valence-electron chi connectivity index (χ4n) is 6.58. The molecule has 0 spiro atoms. The summed E-state index contributed by atoms with van der Waals surface area (Å²) < 4.78 is 5.29. The molecule has 0 aromatic heterocycles. The van der Waals surface area contributed by atoms with Crippen LogP contribution in [0.2, 0.25) is 0 Å². The Balaban J connectivity index is 1.13. The molecule has 0 unspecified atom stereocenters. The molecular formula is C27H31N3O4. The maximum Gasteiger partial charge on any atom is 0.344 e. The molecule has 4 saturated carbocycles. The second-order valence-electron chi connectivity index (χ2n) is 10.3. The minimum absolute atomic E-state index is 0.353. The third-order valence-electron chi connectivity index (χ3n) is 7.71. The summed E-state index contributed by atoms with van der Waals surface area (Å²) >= 11 is 0. The first-order valence-electron chi connectivity index (χ1n) is 12.1. The molecule has 0 aliphatic heterocycles. The Morgan fingerprint density at radius 3 is 2.15 bits per heavy atom. The van der Waals surface area contributed by atoms with Gasteiger partial charge >= 0.3 is 12.0 Å². The summed E-state index contributed by atoms with van der Waals surface area (Å²) in [6.07, 6.45) is 8.86. The van der Waals surface area contributed by atoms with Crippen molar-refractivity contribution in [3.8, 4) is 5.75 Å². The Morgan fingerprint density at radius 1 is 1.00 bits per heavy atom. The summed E-state index contributed by atoms with van der Waals surface area (Å²) in [7, 11) is 0. The van der Waals surface area contributed by atoms with Crippen molar-refractivity contribution in [3.05, 3.63) is 59.7 Å². The molecule has 0 heterocycles. The number of hydrazone groups is 1. The number of nitrogens with zero attached hydrogens (tertiary/aromatic N) is 1. The Morgan fingerprint density at radius 2 is 1.59 bits per heavy atom. The van der Waals surface area contributed by atoms with E-state index in [9.17, 15) is 9.59 Å². The molecule has 178 valence electrons. The number of benzene rings is 2. The highest BCUT2D eigenvalue weighted by Crippen LogP contribution is 2.60. The quantitative estimate of drug-likeness (QED) is 0.392. The average molecular weight is 462 g/mol. The van der Waals surface area contributed by atoms with Crippen molar-refractivity contribution in [3.63, 3.8) is 0 Å². The lowest BCUT2D eigenvalue weighted by atomic mass is 9.48. The van der Waals surface area contributed by atoms with Crippen molar-refractivity contribution in [2.24, 2.45) is 22.9 Å². The number of ether oxygens (including phenoxy) is 1. The molecule has 34 heavy (non-hydrogen) atoms. The van der Waals surface area contributed by atoms with Gasteiger partial charge in [0, 0.05) is 5.69 Å². The van der Waals surface area contributed by atoms with Crippen LogP contribution < -0.4 is 15.5 Å². The number of hydrogen-bond donors (Lipinski definition) is 3. The van der Waals surface area contributed by atoms with E-state index in [-0.39, 0.29) is 0 Å². The van der Waals surface area contributed by atoms with Gasteiger partial charge in [0.05, 0.1) is 6.21 Å². The third-order valence-corrected chi connectivity index (χ3v) is 7.71. The van der Waals surface area contributed by atoms with E-state index in [0.717, 1.165) is 29.0 Å². The number of hydrogen-bond acceptors (Lipinski definition) is 4. The van der Waals surface area contributed by atoms with Crippen molar-refractivity contribution >= 4 is 23.9 Å². The van der Waals surface area contributed by atoms with E-state index in [2.05, 4.69) is 28.0 Å². The van der Waals surface area contributed by atoms with Crippen LogP contribution >= 0.6 is 0 Å². The first kappa shape index (κ1) is 22.4. The third kappa shape index (κ3) is 4.79. The van der Waals surface area contributed by atoms with Crippen LogP contribution in [0.5, 0.6) is 5.75 Å². The molecule has 7 nitrogen and oxygen atoms in total. The summed E-state index contributed by atoms with van der Waals surface area (Å²) in [5.41, 5.74) is 5.75. The fourth-order valence-corrected chi connectivity index (χ4v) is 6.58. The van der Waals surface area contributed by atoms with Gasteiger partial charge in [0.1, 0.15) is 5.75 Å². The molecule has 7 heteroatoms. The van der Waals surface area contributed by atoms with E-state index >= 15 is 0 Å². The average Bonchev–Trinajstić information content (AvgIpc) is 2.79. The first-order valence-corrected chi connectivity index (χ1v) is 12.1. The zero-order valence-corrected chi connectivity index (χ0v) is 19.4. The zero-order valence-electron chi connectivity index (χ0n) is 19.4. The van der Waals surface area contributed by atoms with Crippen LogP contribution in [0.15, 0.2) is 53.6 Å². The number of carboxylic acids is 1. The highest BCUT2D eigenvalue weighted by atomic mass is 16.5.